The maximum absolute atomic E-state index is 14.2. The maximum Gasteiger partial charge on any atom is 0.251 e. The van der Waals surface area contributed by atoms with E-state index >= 15 is 0 Å². The van der Waals surface area contributed by atoms with Crippen LogP contribution >= 0.6 is 0 Å². The number of nitrogens with one attached hydrogen (secondary N) is 1. The molecule has 4 aromatic rings. The largest absolute Gasteiger partial charge is 0.350 e. The molecule has 0 spiro atoms. The number of carbonyl (C=O) groups excluding carboxylic acids is 2. The monoisotopic (exact) mass is 489 g/mol. The van der Waals surface area contributed by atoms with Crippen LogP contribution in [0.1, 0.15) is 34.1 Å². The van der Waals surface area contributed by atoms with Crippen molar-refractivity contribution in [2.45, 2.75) is 52.2 Å². The Morgan fingerprint density at radius 3 is 2.56 bits per heavy atom. The maximum atomic E-state index is 14.2. The summed E-state index contributed by atoms with van der Waals surface area (Å²) in [6, 6.07) is 14.6. The van der Waals surface area contributed by atoms with Gasteiger partial charge in [-0.3, -0.25) is 19.5 Å². The second-order valence-electron chi connectivity index (χ2n) is 9.44. The van der Waals surface area contributed by atoms with Crippen molar-refractivity contribution in [3.63, 3.8) is 0 Å². The number of benzene rings is 2. The van der Waals surface area contributed by atoms with Gasteiger partial charge in [-0.1, -0.05) is 37.3 Å². The lowest BCUT2D eigenvalue weighted by atomic mass is 10.1. The second-order valence-corrected chi connectivity index (χ2v) is 9.44. The molecular weight excluding hydrogens is 461 g/mol. The number of anilines is 1. The van der Waals surface area contributed by atoms with Crippen molar-refractivity contribution < 1.29 is 14.0 Å². The third kappa shape index (κ3) is 5.54. The SMILES string of the molecule is CC[C@@H](C(=O)NC(C)(C)C)N(C(=O)Cn1nnc(-c2ccccc2F)n1)c1cnc2ccccc2c1. The Bertz CT molecular complexity index is 1400. The zero-order valence-corrected chi connectivity index (χ0v) is 20.6. The first-order valence-corrected chi connectivity index (χ1v) is 11.7. The molecule has 36 heavy (non-hydrogen) atoms. The van der Waals surface area contributed by atoms with Crippen molar-refractivity contribution in [1.29, 1.82) is 0 Å². The first-order valence-electron chi connectivity index (χ1n) is 11.7. The van der Waals surface area contributed by atoms with Gasteiger partial charge in [0.2, 0.25) is 11.7 Å². The number of tetrazole rings is 1. The van der Waals surface area contributed by atoms with E-state index in [0.717, 1.165) is 15.7 Å². The summed E-state index contributed by atoms with van der Waals surface area (Å²) in [6.07, 6.45) is 1.94. The molecule has 0 bridgehead atoms. The van der Waals surface area contributed by atoms with Crippen LogP contribution in [0.5, 0.6) is 0 Å². The van der Waals surface area contributed by atoms with E-state index in [9.17, 15) is 14.0 Å². The summed E-state index contributed by atoms with van der Waals surface area (Å²) in [5, 5.41) is 15.8. The van der Waals surface area contributed by atoms with Gasteiger partial charge in [-0.2, -0.15) is 4.80 Å². The van der Waals surface area contributed by atoms with Crippen LogP contribution in [0.3, 0.4) is 0 Å². The molecule has 2 aromatic heterocycles. The molecule has 9 nitrogen and oxygen atoms in total. The van der Waals surface area contributed by atoms with Crippen molar-refractivity contribution >= 4 is 28.4 Å². The quantitative estimate of drug-likeness (QED) is 0.424. The molecular formula is C26H28FN7O2. The van der Waals surface area contributed by atoms with Crippen molar-refractivity contribution in [2.75, 3.05) is 4.90 Å². The summed E-state index contributed by atoms with van der Waals surface area (Å²) in [5.41, 5.74) is 0.948. The Morgan fingerprint density at radius 1 is 1.11 bits per heavy atom. The highest BCUT2D eigenvalue weighted by Crippen LogP contribution is 2.24. The lowest BCUT2D eigenvalue weighted by Crippen LogP contribution is -2.54. The van der Waals surface area contributed by atoms with E-state index in [1.54, 1.807) is 18.3 Å². The van der Waals surface area contributed by atoms with Crippen LogP contribution in [0, 0.1) is 5.82 Å². The number of amides is 2. The topological polar surface area (TPSA) is 106 Å². The van der Waals surface area contributed by atoms with E-state index in [-0.39, 0.29) is 23.8 Å². The first-order chi connectivity index (χ1) is 17.2. The molecule has 1 N–H and O–H groups in total. The highest BCUT2D eigenvalue weighted by atomic mass is 19.1. The van der Waals surface area contributed by atoms with E-state index in [0.29, 0.717) is 12.1 Å². The number of para-hydroxylation sites is 1. The molecule has 0 aliphatic carbocycles. The molecule has 0 aliphatic heterocycles. The molecule has 2 aromatic carbocycles. The zero-order valence-electron chi connectivity index (χ0n) is 20.6. The second kappa shape index (κ2) is 10.2. The van der Waals surface area contributed by atoms with Gasteiger partial charge < -0.3 is 5.32 Å². The normalized spacial score (nSPS) is 12.4. The van der Waals surface area contributed by atoms with Crippen molar-refractivity contribution in [1.82, 2.24) is 30.5 Å². The molecule has 0 unspecified atom stereocenters. The van der Waals surface area contributed by atoms with E-state index in [1.165, 1.54) is 17.0 Å². The first kappa shape index (κ1) is 24.9. The molecule has 0 radical (unpaired) electrons. The van der Waals surface area contributed by atoms with Gasteiger partial charge in [-0.25, -0.2) is 4.39 Å². The number of hydrogen-bond donors (Lipinski definition) is 1. The number of fused-ring (bicyclic) bond motifs is 1. The molecule has 4 rings (SSSR count). The Balaban J connectivity index is 1.69. The fraction of sp³-hybridized carbons (Fsp3) is 0.308. The van der Waals surface area contributed by atoms with Gasteiger partial charge in [0.1, 0.15) is 18.4 Å². The van der Waals surface area contributed by atoms with Gasteiger partial charge in [0, 0.05) is 10.9 Å². The predicted molar refractivity (Wildman–Crippen MR) is 134 cm³/mol. The van der Waals surface area contributed by atoms with E-state index in [2.05, 4.69) is 25.7 Å². The zero-order chi connectivity index (χ0) is 25.9. The number of halogens is 1. The van der Waals surface area contributed by atoms with E-state index in [1.807, 2.05) is 58.0 Å². The average Bonchev–Trinajstić information content (AvgIpc) is 3.29. The molecule has 10 heteroatoms. The van der Waals surface area contributed by atoms with Gasteiger partial charge in [0.05, 0.1) is 23.0 Å². The number of aromatic nitrogens is 5. The average molecular weight is 490 g/mol. The van der Waals surface area contributed by atoms with Crippen molar-refractivity contribution in [3.05, 3.63) is 66.6 Å². The lowest BCUT2D eigenvalue weighted by molar-refractivity contribution is -0.128. The Labute approximate surface area is 208 Å². The minimum atomic E-state index is -0.797. The summed E-state index contributed by atoms with van der Waals surface area (Å²) in [7, 11) is 0. The fourth-order valence-electron chi connectivity index (χ4n) is 3.88. The van der Waals surface area contributed by atoms with E-state index < -0.39 is 23.3 Å². The molecule has 0 saturated carbocycles. The van der Waals surface area contributed by atoms with E-state index in [4.69, 9.17) is 0 Å². The standard InChI is InChI=1S/C26H28FN7O2/c1-5-22(25(36)29-26(2,3)4)34(18-14-17-10-6-9-13-21(17)28-15-18)23(35)16-33-31-24(30-32-33)19-11-7-8-12-20(19)27/h6-15,22H,5,16H2,1-4H3,(H,29,36)/t22-/m0/s1. The molecule has 0 saturated heterocycles. The van der Waals surface area contributed by atoms with Crippen molar-refractivity contribution in [3.8, 4) is 11.4 Å². The highest BCUT2D eigenvalue weighted by molar-refractivity contribution is 6.01. The van der Waals surface area contributed by atoms with Gasteiger partial charge in [-0.05, 0) is 56.7 Å². The molecule has 186 valence electrons. The number of rotatable bonds is 7. The Kier molecular flexibility index (Phi) is 7.05. The predicted octanol–water partition coefficient (Wildman–Crippen LogP) is 3.75. The van der Waals surface area contributed by atoms with Gasteiger partial charge in [0.25, 0.3) is 5.91 Å². The smallest absolute Gasteiger partial charge is 0.251 e. The molecule has 2 heterocycles. The summed E-state index contributed by atoms with van der Waals surface area (Å²) in [4.78, 5) is 33.9. The minimum absolute atomic E-state index is 0.0670. The van der Waals surface area contributed by atoms with Crippen LogP contribution in [-0.4, -0.2) is 48.6 Å². The van der Waals surface area contributed by atoms with Crippen molar-refractivity contribution in [2.24, 2.45) is 0 Å². The Hall–Kier alpha value is -4.21. The molecule has 0 aliphatic rings. The van der Waals surface area contributed by atoms with Crippen LogP contribution in [-0.2, 0) is 16.1 Å². The molecule has 2 amide bonds. The third-order valence-electron chi connectivity index (χ3n) is 5.47. The summed E-state index contributed by atoms with van der Waals surface area (Å²) >= 11 is 0. The van der Waals surface area contributed by atoms with Crippen LogP contribution in [0.25, 0.3) is 22.3 Å². The third-order valence-corrected chi connectivity index (χ3v) is 5.47. The number of nitrogens with zero attached hydrogens (tertiary/aromatic N) is 6. The highest BCUT2D eigenvalue weighted by Gasteiger charge is 2.32. The molecule has 0 fully saturated rings. The number of pyridine rings is 1. The van der Waals surface area contributed by atoms with Crippen LogP contribution in [0.2, 0.25) is 0 Å². The summed E-state index contributed by atoms with van der Waals surface area (Å²) in [6.45, 7) is 7.18. The van der Waals surface area contributed by atoms with Crippen LogP contribution in [0.15, 0.2) is 60.8 Å². The number of carbonyl (C=O) groups is 2. The Morgan fingerprint density at radius 2 is 1.83 bits per heavy atom. The van der Waals surface area contributed by atoms with Crippen LogP contribution in [0.4, 0.5) is 10.1 Å². The lowest BCUT2D eigenvalue weighted by Gasteiger charge is -2.32. The number of hydrogen-bond acceptors (Lipinski definition) is 6. The minimum Gasteiger partial charge on any atom is -0.350 e. The fourth-order valence-corrected chi connectivity index (χ4v) is 3.88. The summed E-state index contributed by atoms with van der Waals surface area (Å²) < 4.78 is 14.2. The van der Waals surface area contributed by atoms with Gasteiger partial charge >= 0.3 is 0 Å². The summed E-state index contributed by atoms with van der Waals surface area (Å²) in [5.74, 6) is -1.14. The van der Waals surface area contributed by atoms with Gasteiger partial charge in [-0.15, -0.1) is 10.2 Å². The van der Waals surface area contributed by atoms with Gasteiger partial charge in [0.15, 0.2) is 0 Å². The molecule has 1 atom stereocenters. The van der Waals surface area contributed by atoms with Crippen LogP contribution < -0.4 is 10.2 Å².